The normalized spacial score (nSPS) is 31.5. The molecule has 0 spiro atoms. The minimum Gasteiger partial charge on any atom is -0.462 e. The molecular weight excluding hydrogens is 604 g/mol. The van der Waals surface area contributed by atoms with Crippen LogP contribution in [0.1, 0.15) is 80.2 Å². The highest BCUT2D eigenvalue weighted by Gasteiger charge is 2.64. The SMILES string of the molecule is C=C1[C@@H](OC(=O)/C=C\c2ccccc2)C[C@H](OC(C)=O)[C@]2(C)[C@@H]1C[C@H]1C[C@H](OC(C)=O)C(C)=C([C@@H](OC(C)=O)[C@@H]2OC(C)=O)C1(C)C. The lowest BCUT2D eigenvalue weighted by atomic mass is 9.49. The maximum Gasteiger partial charge on any atom is 0.331 e. The minimum atomic E-state index is -1.17. The molecule has 254 valence electrons. The van der Waals surface area contributed by atoms with Gasteiger partial charge in [0.2, 0.25) is 0 Å². The number of carbonyl (C=O) groups is 5. The number of rotatable bonds is 7. The molecule has 0 aromatic heterocycles. The first-order valence-electron chi connectivity index (χ1n) is 16.0. The highest BCUT2D eigenvalue weighted by molar-refractivity contribution is 5.87. The highest BCUT2D eigenvalue weighted by atomic mass is 16.6. The van der Waals surface area contributed by atoms with Crippen molar-refractivity contribution in [3.63, 3.8) is 0 Å². The van der Waals surface area contributed by atoms with Gasteiger partial charge in [-0.1, -0.05) is 57.7 Å². The number of carbonyl (C=O) groups excluding carboxylic acids is 5. The Morgan fingerprint density at radius 1 is 0.766 bits per heavy atom. The van der Waals surface area contributed by atoms with Gasteiger partial charge in [0.05, 0.1) is 5.41 Å². The molecular formula is C37H46O10. The van der Waals surface area contributed by atoms with Gasteiger partial charge in [-0.2, -0.15) is 0 Å². The molecule has 10 heteroatoms. The van der Waals surface area contributed by atoms with Crippen LogP contribution in [-0.4, -0.2) is 60.4 Å². The van der Waals surface area contributed by atoms with Crippen LogP contribution in [0.15, 0.2) is 59.7 Å². The number of hydrogen-bond donors (Lipinski definition) is 0. The van der Waals surface area contributed by atoms with Gasteiger partial charge < -0.3 is 23.7 Å². The minimum absolute atomic E-state index is 0.0447. The molecule has 0 radical (unpaired) electrons. The van der Waals surface area contributed by atoms with Crippen molar-refractivity contribution >= 4 is 35.9 Å². The Morgan fingerprint density at radius 2 is 1.36 bits per heavy atom. The molecule has 2 fully saturated rings. The zero-order valence-electron chi connectivity index (χ0n) is 28.5. The topological polar surface area (TPSA) is 132 Å². The second-order valence-electron chi connectivity index (χ2n) is 13.6. The van der Waals surface area contributed by atoms with Crippen LogP contribution in [0.4, 0.5) is 0 Å². The molecule has 0 N–H and O–H groups in total. The van der Waals surface area contributed by atoms with E-state index in [9.17, 15) is 24.0 Å². The monoisotopic (exact) mass is 650 g/mol. The number of benzene rings is 1. The summed E-state index contributed by atoms with van der Waals surface area (Å²) in [7, 11) is 0. The first kappa shape index (κ1) is 35.6. The Balaban J connectivity index is 1.89. The van der Waals surface area contributed by atoms with Crippen LogP contribution in [0.2, 0.25) is 0 Å². The van der Waals surface area contributed by atoms with E-state index in [1.165, 1.54) is 33.8 Å². The molecule has 3 aliphatic carbocycles. The Hall–Kier alpha value is -4.21. The van der Waals surface area contributed by atoms with Gasteiger partial charge in [0.1, 0.15) is 18.3 Å². The van der Waals surface area contributed by atoms with Crippen molar-refractivity contribution in [2.24, 2.45) is 22.7 Å². The lowest BCUT2D eigenvalue weighted by Crippen LogP contribution is -2.64. The summed E-state index contributed by atoms with van der Waals surface area (Å²) in [6, 6.07) is 9.30. The third-order valence-electron chi connectivity index (χ3n) is 10.2. The first-order chi connectivity index (χ1) is 22.0. The lowest BCUT2D eigenvalue weighted by Gasteiger charge is -2.59. The van der Waals surface area contributed by atoms with Crippen LogP contribution >= 0.6 is 0 Å². The van der Waals surface area contributed by atoms with Gasteiger partial charge in [0, 0.05) is 40.2 Å². The van der Waals surface area contributed by atoms with Crippen LogP contribution in [0.3, 0.4) is 0 Å². The van der Waals surface area contributed by atoms with Gasteiger partial charge in [-0.3, -0.25) is 19.2 Å². The van der Waals surface area contributed by atoms with E-state index in [1.54, 1.807) is 6.08 Å². The Labute approximate surface area is 276 Å². The smallest absolute Gasteiger partial charge is 0.331 e. The van der Waals surface area contributed by atoms with Gasteiger partial charge in [0.15, 0.2) is 12.2 Å². The summed E-state index contributed by atoms with van der Waals surface area (Å²) in [4.78, 5) is 63.6. The number of fused-ring (bicyclic) bond motifs is 3. The molecule has 1 aromatic carbocycles. The molecule has 0 unspecified atom stereocenters. The number of hydrogen-bond acceptors (Lipinski definition) is 10. The number of esters is 5. The second-order valence-corrected chi connectivity index (χ2v) is 13.6. The Bertz CT molecular complexity index is 1490. The standard InChI is InChI=1S/C37H46O10/c1-20-28-17-27-18-29(43-22(3)38)21(2)33(36(27,7)8)34(45-24(5)40)35(46-25(6)41)37(28,9)31(44-23(4)39)19-30(20)47-32(42)16-15-26-13-11-10-12-14-26/h10-16,27-31,34-35H,1,17-19H2,2-9H3/b16-15-/t27-,28+,29-,30-,31-,34+,35-,37-/m0/s1. The van der Waals surface area contributed by atoms with Gasteiger partial charge in [-0.25, -0.2) is 4.79 Å². The fourth-order valence-electron chi connectivity index (χ4n) is 8.02. The van der Waals surface area contributed by atoms with Crippen LogP contribution in [0, 0.1) is 22.7 Å². The van der Waals surface area contributed by atoms with Gasteiger partial charge >= 0.3 is 29.8 Å². The van der Waals surface area contributed by atoms with E-state index in [-0.39, 0.29) is 12.3 Å². The molecule has 10 nitrogen and oxygen atoms in total. The van der Waals surface area contributed by atoms with Gasteiger partial charge in [-0.05, 0) is 65.4 Å². The predicted octanol–water partition coefficient (Wildman–Crippen LogP) is 5.69. The third-order valence-corrected chi connectivity index (χ3v) is 10.2. The van der Waals surface area contributed by atoms with Crippen molar-refractivity contribution in [3.8, 4) is 0 Å². The van der Waals surface area contributed by atoms with Crippen LogP contribution in [-0.2, 0) is 47.7 Å². The summed E-state index contributed by atoms with van der Waals surface area (Å²) in [5, 5.41) is 0. The molecule has 4 rings (SSSR count). The van der Waals surface area contributed by atoms with Gasteiger partial charge in [0.25, 0.3) is 0 Å². The zero-order chi connectivity index (χ0) is 34.8. The average molecular weight is 651 g/mol. The molecule has 1 aromatic rings. The Kier molecular flexibility index (Phi) is 10.5. The quantitative estimate of drug-likeness (QED) is 0.157. The third kappa shape index (κ3) is 7.36. The van der Waals surface area contributed by atoms with Crippen molar-refractivity contribution in [2.45, 2.75) is 105 Å². The van der Waals surface area contributed by atoms with Crippen molar-refractivity contribution < 1.29 is 47.7 Å². The van der Waals surface area contributed by atoms with E-state index >= 15 is 0 Å². The summed E-state index contributed by atoms with van der Waals surface area (Å²) in [5.41, 5.74) is 0.978. The van der Waals surface area contributed by atoms with E-state index in [2.05, 4.69) is 6.58 Å². The second kappa shape index (κ2) is 13.9. The average Bonchev–Trinajstić information content (AvgIpc) is 2.96. The zero-order valence-corrected chi connectivity index (χ0v) is 28.5. The predicted molar refractivity (Wildman–Crippen MR) is 172 cm³/mol. The van der Waals surface area contributed by atoms with Crippen molar-refractivity contribution in [1.29, 1.82) is 0 Å². The summed E-state index contributed by atoms with van der Waals surface area (Å²) in [6.07, 6.45) is -0.715. The molecule has 0 heterocycles. The van der Waals surface area contributed by atoms with Crippen molar-refractivity contribution in [2.75, 3.05) is 0 Å². The molecule has 3 aliphatic rings. The molecule has 0 amide bonds. The van der Waals surface area contributed by atoms with E-state index in [4.69, 9.17) is 23.7 Å². The van der Waals surface area contributed by atoms with Crippen LogP contribution in [0.5, 0.6) is 0 Å². The number of ether oxygens (including phenoxy) is 5. The van der Waals surface area contributed by atoms with Crippen LogP contribution in [0.25, 0.3) is 6.08 Å². The summed E-state index contributed by atoms with van der Waals surface area (Å²) in [5.74, 6) is -3.57. The fraction of sp³-hybridized carbons (Fsp3) is 0.541. The highest BCUT2D eigenvalue weighted by Crippen LogP contribution is 2.61. The molecule has 0 saturated heterocycles. The van der Waals surface area contributed by atoms with E-state index < -0.39 is 77.1 Å². The Morgan fingerprint density at radius 3 is 1.94 bits per heavy atom. The van der Waals surface area contributed by atoms with E-state index in [0.717, 1.165) is 5.56 Å². The van der Waals surface area contributed by atoms with Crippen molar-refractivity contribution in [1.82, 2.24) is 0 Å². The summed E-state index contributed by atoms with van der Waals surface area (Å²) < 4.78 is 29.9. The molecule has 2 bridgehead atoms. The largest absolute Gasteiger partial charge is 0.462 e. The van der Waals surface area contributed by atoms with E-state index in [0.29, 0.717) is 29.6 Å². The molecule has 0 aliphatic heterocycles. The van der Waals surface area contributed by atoms with Crippen molar-refractivity contribution in [3.05, 3.63) is 65.3 Å². The van der Waals surface area contributed by atoms with Gasteiger partial charge in [-0.15, -0.1) is 0 Å². The molecule has 2 saturated carbocycles. The lowest BCUT2D eigenvalue weighted by molar-refractivity contribution is -0.212. The fourth-order valence-corrected chi connectivity index (χ4v) is 8.02. The summed E-state index contributed by atoms with van der Waals surface area (Å²) >= 11 is 0. The molecule has 47 heavy (non-hydrogen) atoms. The van der Waals surface area contributed by atoms with Crippen LogP contribution < -0.4 is 0 Å². The summed E-state index contributed by atoms with van der Waals surface area (Å²) in [6.45, 7) is 17.4. The van der Waals surface area contributed by atoms with E-state index in [1.807, 2.05) is 58.0 Å². The first-order valence-corrected chi connectivity index (χ1v) is 16.0. The molecule has 8 atom stereocenters. The maximum atomic E-state index is 13.1. The maximum absolute atomic E-state index is 13.1.